The van der Waals surface area contributed by atoms with E-state index in [4.69, 9.17) is 5.11 Å². The van der Waals surface area contributed by atoms with Crippen LogP contribution in [0.1, 0.15) is 23.2 Å². The first-order chi connectivity index (χ1) is 9.38. The van der Waals surface area contributed by atoms with E-state index in [1.807, 2.05) is 0 Å². The molecule has 0 bridgehead atoms. The summed E-state index contributed by atoms with van der Waals surface area (Å²) in [5, 5.41) is 8.67. The zero-order chi connectivity index (χ0) is 14.9. The largest absolute Gasteiger partial charge is 0.481 e. The Hall–Kier alpha value is -2.05. The lowest BCUT2D eigenvalue weighted by Gasteiger charge is -2.16. The van der Waals surface area contributed by atoms with Crippen molar-refractivity contribution in [3.05, 3.63) is 35.1 Å². The number of carboxylic acid groups (broad SMARTS) is 1. The minimum Gasteiger partial charge on any atom is -0.481 e. The first-order valence-electron chi connectivity index (χ1n) is 6.04. The fourth-order valence-corrected chi connectivity index (χ4v) is 2.29. The van der Waals surface area contributed by atoms with E-state index in [2.05, 4.69) is 0 Å². The standard InChI is InChI=1S/C13H12F3NO3/c14-9-4-8(5-10(15)12(9)16)13(20)17-2-1-7(6-17)3-11(18)19/h4-5,7H,1-3,6H2,(H,18,19). The number of carbonyl (C=O) groups excluding carboxylic acids is 1. The minimum absolute atomic E-state index is 0.0596. The van der Waals surface area contributed by atoms with E-state index >= 15 is 0 Å². The summed E-state index contributed by atoms with van der Waals surface area (Å²) in [7, 11) is 0. The van der Waals surface area contributed by atoms with E-state index < -0.39 is 29.3 Å². The second-order valence-electron chi connectivity index (χ2n) is 4.76. The van der Waals surface area contributed by atoms with Crippen LogP contribution in [-0.2, 0) is 4.79 Å². The molecule has 1 aromatic rings. The molecule has 1 aliphatic rings. The number of carbonyl (C=O) groups is 2. The van der Waals surface area contributed by atoms with Gasteiger partial charge in [-0.2, -0.15) is 0 Å². The SMILES string of the molecule is O=C(O)CC1CCN(C(=O)c2cc(F)c(F)c(F)c2)C1. The third-order valence-electron chi connectivity index (χ3n) is 3.27. The van der Waals surface area contributed by atoms with Gasteiger partial charge in [0.25, 0.3) is 5.91 Å². The van der Waals surface area contributed by atoms with E-state index in [0.29, 0.717) is 25.1 Å². The van der Waals surface area contributed by atoms with Crippen LogP contribution in [0.4, 0.5) is 13.2 Å². The maximum atomic E-state index is 13.1. The molecule has 1 heterocycles. The highest BCUT2D eigenvalue weighted by Gasteiger charge is 2.29. The lowest BCUT2D eigenvalue weighted by Crippen LogP contribution is -2.29. The average Bonchev–Trinajstić information content (AvgIpc) is 2.82. The molecule has 0 saturated carbocycles. The molecule has 1 fully saturated rings. The van der Waals surface area contributed by atoms with E-state index in [-0.39, 0.29) is 24.4 Å². The fraction of sp³-hybridized carbons (Fsp3) is 0.385. The number of amides is 1. The molecule has 0 radical (unpaired) electrons. The molecule has 20 heavy (non-hydrogen) atoms. The number of aliphatic carboxylic acids is 1. The molecule has 108 valence electrons. The van der Waals surface area contributed by atoms with Crippen LogP contribution in [0.15, 0.2) is 12.1 Å². The van der Waals surface area contributed by atoms with Crippen LogP contribution < -0.4 is 0 Å². The molecule has 0 spiro atoms. The molecule has 1 saturated heterocycles. The van der Waals surface area contributed by atoms with Crippen LogP contribution in [0, 0.1) is 23.4 Å². The number of nitrogens with zero attached hydrogens (tertiary/aromatic N) is 1. The zero-order valence-electron chi connectivity index (χ0n) is 10.4. The summed E-state index contributed by atoms with van der Waals surface area (Å²) in [6, 6.07) is 1.29. The molecule has 1 unspecified atom stereocenters. The van der Waals surface area contributed by atoms with Crippen LogP contribution in [0.3, 0.4) is 0 Å². The lowest BCUT2D eigenvalue weighted by molar-refractivity contribution is -0.138. The predicted octanol–water partition coefficient (Wildman–Crippen LogP) is 2.04. The molecule has 1 aromatic carbocycles. The predicted molar refractivity (Wildman–Crippen MR) is 62.6 cm³/mol. The zero-order valence-corrected chi connectivity index (χ0v) is 10.4. The van der Waals surface area contributed by atoms with Gasteiger partial charge in [-0.15, -0.1) is 0 Å². The quantitative estimate of drug-likeness (QED) is 0.865. The van der Waals surface area contributed by atoms with Crippen molar-refractivity contribution in [2.45, 2.75) is 12.8 Å². The maximum absolute atomic E-state index is 13.1. The molecular weight excluding hydrogens is 275 g/mol. The molecule has 1 N–H and O–H groups in total. The highest BCUT2D eigenvalue weighted by Crippen LogP contribution is 2.22. The molecule has 7 heteroatoms. The highest BCUT2D eigenvalue weighted by atomic mass is 19.2. The summed E-state index contributed by atoms with van der Waals surface area (Å²) in [5.41, 5.74) is -0.280. The average molecular weight is 287 g/mol. The van der Waals surface area contributed by atoms with Gasteiger partial charge in [-0.25, -0.2) is 13.2 Å². The smallest absolute Gasteiger partial charge is 0.303 e. The van der Waals surface area contributed by atoms with Gasteiger partial charge in [0.1, 0.15) is 0 Å². The summed E-state index contributed by atoms with van der Waals surface area (Å²) in [4.78, 5) is 23.9. The first kappa shape index (κ1) is 14.4. The Morgan fingerprint density at radius 2 is 1.85 bits per heavy atom. The van der Waals surface area contributed by atoms with E-state index in [0.717, 1.165) is 0 Å². The molecule has 2 rings (SSSR count). The van der Waals surface area contributed by atoms with Gasteiger partial charge in [-0.3, -0.25) is 9.59 Å². The number of benzene rings is 1. The minimum atomic E-state index is -1.62. The van der Waals surface area contributed by atoms with Crippen molar-refractivity contribution in [1.82, 2.24) is 4.90 Å². The van der Waals surface area contributed by atoms with Crippen LogP contribution in [-0.4, -0.2) is 35.0 Å². The van der Waals surface area contributed by atoms with Crippen molar-refractivity contribution in [3.63, 3.8) is 0 Å². The summed E-state index contributed by atoms with van der Waals surface area (Å²) >= 11 is 0. The van der Waals surface area contributed by atoms with E-state index in [9.17, 15) is 22.8 Å². The molecular formula is C13H12F3NO3. The molecule has 4 nitrogen and oxygen atoms in total. The van der Waals surface area contributed by atoms with Crippen molar-refractivity contribution in [2.75, 3.05) is 13.1 Å². The molecule has 1 atom stereocenters. The number of halogens is 3. The van der Waals surface area contributed by atoms with Crippen molar-refractivity contribution in [2.24, 2.45) is 5.92 Å². The monoisotopic (exact) mass is 287 g/mol. The maximum Gasteiger partial charge on any atom is 0.303 e. The third-order valence-corrected chi connectivity index (χ3v) is 3.27. The van der Waals surface area contributed by atoms with Gasteiger partial charge in [0.2, 0.25) is 0 Å². The van der Waals surface area contributed by atoms with Crippen LogP contribution in [0.25, 0.3) is 0 Å². The molecule has 1 aliphatic heterocycles. The van der Waals surface area contributed by atoms with Crippen molar-refractivity contribution >= 4 is 11.9 Å². The van der Waals surface area contributed by atoms with Crippen LogP contribution >= 0.6 is 0 Å². The summed E-state index contributed by atoms with van der Waals surface area (Å²) < 4.78 is 39.0. The topological polar surface area (TPSA) is 57.6 Å². The number of hydrogen-bond acceptors (Lipinski definition) is 2. The Bertz CT molecular complexity index is 539. The summed E-state index contributed by atoms with van der Waals surface area (Å²) in [6.07, 6.45) is 0.458. The molecule has 0 aromatic heterocycles. The van der Waals surface area contributed by atoms with E-state index in [1.165, 1.54) is 4.90 Å². The highest BCUT2D eigenvalue weighted by molar-refractivity contribution is 5.94. The van der Waals surface area contributed by atoms with Crippen LogP contribution in [0.5, 0.6) is 0 Å². The van der Waals surface area contributed by atoms with E-state index in [1.54, 1.807) is 0 Å². The van der Waals surface area contributed by atoms with Crippen molar-refractivity contribution < 1.29 is 27.9 Å². The number of rotatable bonds is 3. The van der Waals surface area contributed by atoms with Gasteiger partial charge < -0.3 is 10.0 Å². The lowest BCUT2D eigenvalue weighted by atomic mass is 10.1. The van der Waals surface area contributed by atoms with Gasteiger partial charge in [-0.05, 0) is 24.5 Å². The van der Waals surface area contributed by atoms with Gasteiger partial charge in [-0.1, -0.05) is 0 Å². The Morgan fingerprint density at radius 1 is 1.25 bits per heavy atom. The van der Waals surface area contributed by atoms with Crippen molar-refractivity contribution in [1.29, 1.82) is 0 Å². The Kier molecular flexibility index (Phi) is 3.96. The second kappa shape index (κ2) is 5.52. The molecule has 0 aliphatic carbocycles. The van der Waals surface area contributed by atoms with Gasteiger partial charge >= 0.3 is 5.97 Å². The van der Waals surface area contributed by atoms with Gasteiger partial charge in [0.15, 0.2) is 17.5 Å². The summed E-state index contributed by atoms with van der Waals surface area (Å²) in [5.74, 6) is -6.22. The van der Waals surface area contributed by atoms with Crippen molar-refractivity contribution in [3.8, 4) is 0 Å². The normalized spacial score (nSPS) is 18.4. The molecule has 1 amide bonds. The number of carboxylic acids is 1. The third kappa shape index (κ3) is 2.92. The Balaban J connectivity index is 2.11. The fourth-order valence-electron chi connectivity index (χ4n) is 2.29. The Morgan fingerprint density at radius 3 is 2.40 bits per heavy atom. The number of hydrogen-bond donors (Lipinski definition) is 1. The second-order valence-corrected chi connectivity index (χ2v) is 4.76. The van der Waals surface area contributed by atoms with Gasteiger partial charge in [0, 0.05) is 25.1 Å². The number of likely N-dealkylation sites (tertiary alicyclic amines) is 1. The van der Waals surface area contributed by atoms with Gasteiger partial charge in [0.05, 0.1) is 0 Å². The Labute approximate surface area is 112 Å². The first-order valence-corrected chi connectivity index (χ1v) is 6.04. The van der Waals surface area contributed by atoms with Crippen LogP contribution in [0.2, 0.25) is 0 Å². The summed E-state index contributed by atoms with van der Waals surface area (Å²) in [6.45, 7) is 0.531.